The van der Waals surface area contributed by atoms with E-state index in [0.717, 1.165) is 9.87 Å². The van der Waals surface area contributed by atoms with Crippen molar-refractivity contribution in [2.75, 3.05) is 37.7 Å². The molecule has 0 saturated heterocycles. The molecule has 0 radical (unpaired) electrons. The number of nitrogens with one attached hydrogen (secondary N) is 1. The Bertz CT molecular complexity index is 1210. The maximum absolute atomic E-state index is 13.4. The van der Waals surface area contributed by atoms with Gasteiger partial charge in [-0.1, -0.05) is 23.8 Å². The van der Waals surface area contributed by atoms with Crippen molar-refractivity contribution in [2.45, 2.75) is 18.7 Å². The van der Waals surface area contributed by atoms with Crippen LogP contribution in [-0.2, 0) is 14.8 Å². The summed E-state index contributed by atoms with van der Waals surface area (Å²) in [7, 11) is -2.42. The van der Waals surface area contributed by atoms with Crippen molar-refractivity contribution >= 4 is 21.6 Å². The first-order chi connectivity index (χ1) is 16.8. The van der Waals surface area contributed by atoms with Crippen LogP contribution in [0.15, 0.2) is 77.7 Å². The van der Waals surface area contributed by atoms with Crippen LogP contribution in [0.2, 0.25) is 0 Å². The largest absolute Gasteiger partial charge is 0.497 e. The summed E-state index contributed by atoms with van der Waals surface area (Å²) in [6, 6.07) is 20.2. The molecule has 0 aromatic heterocycles. The number of rotatable bonds is 12. The first-order valence-corrected chi connectivity index (χ1v) is 12.6. The second-order valence-corrected chi connectivity index (χ2v) is 9.49. The molecule has 1 N–H and O–H groups in total. The van der Waals surface area contributed by atoms with E-state index in [4.69, 9.17) is 14.2 Å². The number of benzene rings is 3. The Hall–Kier alpha value is -3.72. The minimum atomic E-state index is -3.99. The van der Waals surface area contributed by atoms with Gasteiger partial charge < -0.3 is 19.5 Å². The van der Waals surface area contributed by atoms with Crippen molar-refractivity contribution < 1.29 is 27.4 Å². The summed E-state index contributed by atoms with van der Waals surface area (Å²) in [5.41, 5.74) is 1.29. The van der Waals surface area contributed by atoms with Gasteiger partial charge in [0.25, 0.3) is 10.0 Å². The third-order valence-corrected chi connectivity index (χ3v) is 6.85. The highest BCUT2D eigenvalue weighted by Crippen LogP contribution is 2.26. The van der Waals surface area contributed by atoms with Gasteiger partial charge >= 0.3 is 0 Å². The fraction of sp³-hybridized carbons (Fsp3) is 0.269. The fourth-order valence-corrected chi connectivity index (χ4v) is 4.69. The van der Waals surface area contributed by atoms with Gasteiger partial charge in [-0.3, -0.25) is 9.10 Å². The second-order valence-electron chi connectivity index (χ2n) is 7.63. The van der Waals surface area contributed by atoms with Crippen LogP contribution < -0.4 is 23.8 Å². The molecule has 9 heteroatoms. The van der Waals surface area contributed by atoms with E-state index >= 15 is 0 Å². The van der Waals surface area contributed by atoms with Crippen LogP contribution in [0.25, 0.3) is 0 Å². The molecule has 0 heterocycles. The summed E-state index contributed by atoms with van der Waals surface area (Å²) in [6.07, 6.45) is 0. The molecule has 0 aliphatic carbocycles. The minimum absolute atomic E-state index is 0.103. The molecule has 35 heavy (non-hydrogen) atoms. The minimum Gasteiger partial charge on any atom is -0.497 e. The van der Waals surface area contributed by atoms with Crippen molar-refractivity contribution in [2.24, 2.45) is 0 Å². The van der Waals surface area contributed by atoms with Gasteiger partial charge in [0.1, 0.15) is 30.4 Å². The number of hydrogen-bond acceptors (Lipinski definition) is 6. The Balaban J connectivity index is 1.71. The standard InChI is InChI=1S/C26H30N2O6S/c1-4-33-22-12-10-21(11-13-22)28(35(30,31)25-14-8-20(2)9-15-25)19-26(29)27-16-17-34-24-7-5-6-23(18-24)32-3/h5-15,18H,4,16-17,19H2,1-3H3,(H,27,29). The van der Waals surface area contributed by atoms with Crippen molar-refractivity contribution in [1.82, 2.24) is 5.32 Å². The van der Waals surface area contributed by atoms with Crippen LogP contribution >= 0.6 is 0 Å². The zero-order valence-corrected chi connectivity index (χ0v) is 20.9. The molecule has 3 aromatic carbocycles. The van der Waals surface area contributed by atoms with Gasteiger partial charge in [-0.25, -0.2) is 8.42 Å². The topological polar surface area (TPSA) is 94.2 Å². The average Bonchev–Trinajstić information content (AvgIpc) is 2.86. The molecule has 0 saturated carbocycles. The lowest BCUT2D eigenvalue weighted by molar-refractivity contribution is -0.119. The summed E-state index contributed by atoms with van der Waals surface area (Å²) < 4.78 is 44.2. The quantitative estimate of drug-likeness (QED) is 0.382. The van der Waals surface area contributed by atoms with Crippen LogP contribution in [0.1, 0.15) is 12.5 Å². The summed E-state index contributed by atoms with van der Waals surface area (Å²) in [5.74, 6) is 1.43. The molecule has 186 valence electrons. The fourth-order valence-electron chi connectivity index (χ4n) is 3.26. The zero-order chi connectivity index (χ0) is 25.3. The van der Waals surface area contributed by atoms with E-state index in [0.29, 0.717) is 29.5 Å². The van der Waals surface area contributed by atoms with Crippen LogP contribution in [0.5, 0.6) is 17.2 Å². The monoisotopic (exact) mass is 498 g/mol. The van der Waals surface area contributed by atoms with Gasteiger partial charge in [0.2, 0.25) is 5.91 Å². The van der Waals surface area contributed by atoms with Crippen LogP contribution in [-0.4, -0.2) is 47.7 Å². The number of amides is 1. The Morgan fingerprint density at radius 3 is 2.26 bits per heavy atom. The van der Waals surface area contributed by atoms with E-state index in [2.05, 4.69) is 5.32 Å². The Kier molecular flexibility index (Phi) is 8.97. The highest BCUT2D eigenvalue weighted by Gasteiger charge is 2.27. The average molecular weight is 499 g/mol. The second kappa shape index (κ2) is 12.1. The van der Waals surface area contributed by atoms with Crippen LogP contribution in [0.4, 0.5) is 5.69 Å². The highest BCUT2D eigenvalue weighted by atomic mass is 32.2. The Morgan fingerprint density at radius 2 is 1.60 bits per heavy atom. The van der Waals surface area contributed by atoms with E-state index in [-0.39, 0.29) is 24.6 Å². The molecule has 0 aliphatic rings. The van der Waals surface area contributed by atoms with E-state index < -0.39 is 15.9 Å². The van der Waals surface area contributed by atoms with Gasteiger partial charge in [0.05, 0.1) is 30.8 Å². The number of ether oxygens (including phenoxy) is 3. The first kappa shape index (κ1) is 25.9. The normalized spacial score (nSPS) is 10.9. The first-order valence-electron chi connectivity index (χ1n) is 11.2. The van der Waals surface area contributed by atoms with Crippen molar-refractivity contribution in [3.63, 3.8) is 0 Å². The molecule has 0 bridgehead atoms. The number of methoxy groups -OCH3 is 1. The van der Waals surface area contributed by atoms with Crippen LogP contribution in [0, 0.1) is 6.92 Å². The number of hydrogen-bond donors (Lipinski definition) is 1. The number of carbonyl (C=O) groups is 1. The maximum Gasteiger partial charge on any atom is 0.264 e. The molecular weight excluding hydrogens is 468 g/mol. The van der Waals surface area contributed by atoms with Crippen LogP contribution in [0.3, 0.4) is 0 Å². The lowest BCUT2D eigenvalue weighted by Gasteiger charge is -2.24. The van der Waals surface area contributed by atoms with Crippen molar-refractivity contribution in [1.29, 1.82) is 0 Å². The lowest BCUT2D eigenvalue weighted by Crippen LogP contribution is -2.41. The van der Waals surface area contributed by atoms with Gasteiger partial charge in [-0.05, 0) is 62.4 Å². The van der Waals surface area contributed by atoms with Gasteiger partial charge in [0, 0.05) is 6.07 Å². The number of aryl methyl sites for hydroxylation is 1. The van der Waals surface area contributed by atoms with Gasteiger partial charge in [-0.2, -0.15) is 0 Å². The summed E-state index contributed by atoms with van der Waals surface area (Å²) >= 11 is 0. The Labute approximate surface area is 206 Å². The summed E-state index contributed by atoms with van der Waals surface area (Å²) in [6.45, 7) is 4.27. The molecule has 1 amide bonds. The van der Waals surface area contributed by atoms with E-state index in [9.17, 15) is 13.2 Å². The summed E-state index contributed by atoms with van der Waals surface area (Å²) in [5, 5.41) is 2.72. The van der Waals surface area contributed by atoms with Crippen molar-refractivity contribution in [3.05, 3.63) is 78.4 Å². The third-order valence-electron chi connectivity index (χ3n) is 5.07. The summed E-state index contributed by atoms with van der Waals surface area (Å²) in [4.78, 5) is 12.8. The number of sulfonamides is 1. The molecule has 0 fully saturated rings. The predicted octanol–water partition coefficient (Wildman–Crippen LogP) is 3.79. The highest BCUT2D eigenvalue weighted by molar-refractivity contribution is 7.92. The van der Waals surface area contributed by atoms with E-state index in [1.54, 1.807) is 67.8 Å². The number of anilines is 1. The van der Waals surface area contributed by atoms with Gasteiger partial charge in [-0.15, -0.1) is 0 Å². The molecular formula is C26H30N2O6S. The van der Waals surface area contributed by atoms with Crippen molar-refractivity contribution in [3.8, 4) is 17.2 Å². The molecule has 3 aromatic rings. The SMILES string of the molecule is CCOc1ccc(N(CC(=O)NCCOc2cccc(OC)c2)S(=O)(=O)c2ccc(C)cc2)cc1. The lowest BCUT2D eigenvalue weighted by atomic mass is 10.2. The molecule has 0 spiro atoms. The molecule has 0 aliphatic heterocycles. The Morgan fingerprint density at radius 1 is 0.914 bits per heavy atom. The molecule has 3 rings (SSSR count). The number of carbonyl (C=O) groups excluding carboxylic acids is 1. The smallest absolute Gasteiger partial charge is 0.264 e. The molecule has 0 atom stereocenters. The maximum atomic E-state index is 13.4. The zero-order valence-electron chi connectivity index (χ0n) is 20.1. The van der Waals surface area contributed by atoms with E-state index in [1.807, 2.05) is 13.8 Å². The number of nitrogens with zero attached hydrogens (tertiary/aromatic N) is 1. The van der Waals surface area contributed by atoms with E-state index in [1.165, 1.54) is 12.1 Å². The molecule has 0 unspecified atom stereocenters. The van der Waals surface area contributed by atoms with Gasteiger partial charge in [0.15, 0.2) is 0 Å². The third kappa shape index (κ3) is 7.13. The molecule has 8 nitrogen and oxygen atoms in total. The predicted molar refractivity (Wildman–Crippen MR) is 135 cm³/mol.